The molecule has 0 aliphatic heterocycles. The van der Waals surface area contributed by atoms with E-state index in [0.717, 1.165) is 24.0 Å². The summed E-state index contributed by atoms with van der Waals surface area (Å²) in [6.07, 6.45) is 2.95. The van der Waals surface area contributed by atoms with Crippen LogP contribution in [0.5, 0.6) is 0 Å². The summed E-state index contributed by atoms with van der Waals surface area (Å²) in [5, 5.41) is 0. The third-order valence-electron chi connectivity index (χ3n) is 3.50. The van der Waals surface area contributed by atoms with Crippen molar-refractivity contribution in [1.82, 2.24) is 0 Å². The van der Waals surface area contributed by atoms with Gasteiger partial charge in [-0.05, 0) is 32.3 Å². The zero-order valence-corrected chi connectivity index (χ0v) is 8.14. The standard InChI is InChI=1S/C11H14O2/c1-7-8-4-3-5-10(13)11(8,2)6-9(7)12/h3-6H2,1-2H3. The first-order valence-corrected chi connectivity index (χ1v) is 4.82. The summed E-state index contributed by atoms with van der Waals surface area (Å²) in [7, 11) is 0. The second-order valence-corrected chi connectivity index (χ2v) is 4.31. The molecule has 2 rings (SSSR count). The van der Waals surface area contributed by atoms with Gasteiger partial charge in [-0.1, -0.05) is 5.57 Å². The Kier molecular flexibility index (Phi) is 1.69. The van der Waals surface area contributed by atoms with Crippen LogP contribution in [0.3, 0.4) is 0 Å². The van der Waals surface area contributed by atoms with Gasteiger partial charge in [0.15, 0.2) is 5.78 Å². The van der Waals surface area contributed by atoms with Crippen LogP contribution in [0.4, 0.5) is 0 Å². The number of rotatable bonds is 0. The van der Waals surface area contributed by atoms with Gasteiger partial charge in [-0.15, -0.1) is 0 Å². The molecular formula is C11H14O2. The van der Waals surface area contributed by atoms with Gasteiger partial charge in [-0.25, -0.2) is 0 Å². The molecule has 1 atom stereocenters. The Balaban J connectivity index is 2.50. The highest BCUT2D eigenvalue weighted by atomic mass is 16.1. The first kappa shape index (κ1) is 8.67. The third-order valence-corrected chi connectivity index (χ3v) is 3.50. The molecule has 0 heterocycles. The van der Waals surface area contributed by atoms with Gasteiger partial charge in [-0.3, -0.25) is 9.59 Å². The van der Waals surface area contributed by atoms with Crippen LogP contribution in [0.2, 0.25) is 0 Å². The lowest BCUT2D eigenvalue weighted by atomic mass is 9.71. The van der Waals surface area contributed by atoms with E-state index in [2.05, 4.69) is 0 Å². The van der Waals surface area contributed by atoms with E-state index in [4.69, 9.17) is 0 Å². The Morgan fingerprint density at radius 3 is 2.54 bits per heavy atom. The van der Waals surface area contributed by atoms with E-state index in [1.165, 1.54) is 0 Å². The van der Waals surface area contributed by atoms with Crippen LogP contribution in [-0.2, 0) is 9.59 Å². The number of fused-ring (bicyclic) bond motifs is 1. The number of carbonyl (C=O) groups is 2. The van der Waals surface area contributed by atoms with Gasteiger partial charge in [0.2, 0.25) is 0 Å². The van der Waals surface area contributed by atoms with E-state index in [-0.39, 0.29) is 11.6 Å². The topological polar surface area (TPSA) is 34.1 Å². The summed E-state index contributed by atoms with van der Waals surface area (Å²) < 4.78 is 0. The van der Waals surface area contributed by atoms with Gasteiger partial charge in [-0.2, -0.15) is 0 Å². The molecule has 1 saturated carbocycles. The molecule has 0 N–H and O–H groups in total. The molecule has 0 saturated heterocycles. The van der Waals surface area contributed by atoms with Gasteiger partial charge in [0, 0.05) is 12.8 Å². The molecule has 0 bridgehead atoms. The first-order chi connectivity index (χ1) is 6.05. The normalized spacial score (nSPS) is 34.0. The molecule has 2 nitrogen and oxygen atoms in total. The molecule has 0 aromatic carbocycles. The number of carbonyl (C=O) groups excluding carboxylic acids is 2. The number of hydrogen-bond acceptors (Lipinski definition) is 2. The third kappa shape index (κ3) is 1.01. The van der Waals surface area contributed by atoms with E-state index in [1.54, 1.807) is 0 Å². The van der Waals surface area contributed by atoms with Crippen molar-refractivity contribution in [1.29, 1.82) is 0 Å². The second kappa shape index (κ2) is 2.53. The zero-order valence-electron chi connectivity index (χ0n) is 8.14. The number of hydrogen-bond donors (Lipinski definition) is 0. The van der Waals surface area contributed by atoms with Crippen LogP contribution in [0.25, 0.3) is 0 Å². The SMILES string of the molecule is CC1=C2CCCC(=O)C2(C)CC1=O. The highest BCUT2D eigenvalue weighted by Gasteiger charge is 2.46. The zero-order chi connectivity index (χ0) is 9.64. The van der Waals surface area contributed by atoms with Crippen molar-refractivity contribution in [2.24, 2.45) is 5.41 Å². The van der Waals surface area contributed by atoms with Crippen LogP contribution in [0, 0.1) is 5.41 Å². The van der Waals surface area contributed by atoms with E-state index in [1.807, 2.05) is 13.8 Å². The number of ketones is 2. The van der Waals surface area contributed by atoms with Gasteiger partial charge in [0.05, 0.1) is 5.41 Å². The minimum atomic E-state index is -0.417. The monoisotopic (exact) mass is 178 g/mol. The fourth-order valence-corrected chi connectivity index (χ4v) is 2.57. The molecule has 1 fully saturated rings. The lowest BCUT2D eigenvalue weighted by molar-refractivity contribution is -0.129. The van der Waals surface area contributed by atoms with Crippen molar-refractivity contribution in [3.8, 4) is 0 Å². The molecule has 1 unspecified atom stereocenters. The predicted octanol–water partition coefficient (Wildman–Crippen LogP) is 2.04. The molecule has 70 valence electrons. The molecule has 2 aliphatic rings. The van der Waals surface area contributed by atoms with E-state index in [9.17, 15) is 9.59 Å². The van der Waals surface area contributed by atoms with Crippen LogP contribution in [-0.4, -0.2) is 11.6 Å². The summed E-state index contributed by atoms with van der Waals surface area (Å²) in [6, 6.07) is 0. The molecule has 0 aromatic heterocycles. The van der Waals surface area contributed by atoms with Crippen molar-refractivity contribution < 1.29 is 9.59 Å². The number of Topliss-reactive ketones (excluding diaryl/α,β-unsaturated/α-hetero) is 2. The maximum absolute atomic E-state index is 11.7. The highest BCUT2D eigenvalue weighted by Crippen LogP contribution is 2.47. The molecule has 0 spiro atoms. The first-order valence-electron chi connectivity index (χ1n) is 4.82. The Labute approximate surface area is 78.0 Å². The number of allylic oxidation sites excluding steroid dienone is 2. The summed E-state index contributed by atoms with van der Waals surface area (Å²) in [6.45, 7) is 3.79. The van der Waals surface area contributed by atoms with E-state index in [0.29, 0.717) is 12.8 Å². The Bertz CT molecular complexity index is 325. The predicted molar refractivity (Wildman–Crippen MR) is 49.3 cm³/mol. The smallest absolute Gasteiger partial charge is 0.159 e. The molecule has 13 heavy (non-hydrogen) atoms. The van der Waals surface area contributed by atoms with Crippen molar-refractivity contribution in [2.75, 3.05) is 0 Å². The maximum atomic E-state index is 11.7. The summed E-state index contributed by atoms with van der Waals surface area (Å²) in [5.74, 6) is 0.437. The lowest BCUT2D eigenvalue weighted by Crippen LogP contribution is -2.31. The van der Waals surface area contributed by atoms with Crippen molar-refractivity contribution in [3.05, 3.63) is 11.1 Å². The van der Waals surface area contributed by atoms with E-state index >= 15 is 0 Å². The molecule has 2 aliphatic carbocycles. The summed E-state index contributed by atoms with van der Waals surface area (Å²) >= 11 is 0. The van der Waals surface area contributed by atoms with Gasteiger partial charge >= 0.3 is 0 Å². The molecule has 0 amide bonds. The van der Waals surface area contributed by atoms with Gasteiger partial charge in [0.1, 0.15) is 5.78 Å². The Morgan fingerprint density at radius 1 is 1.23 bits per heavy atom. The van der Waals surface area contributed by atoms with Crippen molar-refractivity contribution in [3.63, 3.8) is 0 Å². The molecule has 2 heteroatoms. The fraction of sp³-hybridized carbons (Fsp3) is 0.636. The van der Waals surface area contributed by atoms with Gasteiger partial charge in [0.25, 0.3) is 0 Å². The van der Waals surface area contributed by atoms with E-state index < -0.39 is 5.41 Å². The lowest BCUT2D eigenvalue weighted by Gasteiger charge is -2.30. The largest absolute Gasteiger partial charge is 0.299 e. The summed E-state index contributed by atoms with van der Waals surface area (Å²) in [4.78, 5) is 23.2. The minimum absolute atomic E-state index is 0.174. The van der Waals surface area contributed by atoms with Crippen LogP contribution < -0.4 is 0 Å². The molecular weight excluding hydrogens is 164 g/mol. The van der Waals surface area contributed by atoms with Gasteiger partial charge < -0.3 is 0 Å². The quantitative estimate of drug-likeness (QED) is 0.568. The fourth-order valence-electron chi connectivity index (χ4n) is 2.57. The van der Waals surface area contributed by atoms with Crippen molar-refractivity contribution >= 4 is 11.6 Å². The Morgan fingerprint density at radius 2 is 1.92 bits per heavy atom. The second-order valence-electron chi connectivity index (χ2n) is 4.31. The van der Waals surface area contributed by atoms with Crippen LogP contribution >= 0.6 is 0 Å². The molecule has 0 radical (unpaired) electrons. The summed E-state index contributed by atoms with van der Waals surface area (Å²) in [5.41, 5.74) is 1.56. The maximum Gasteiger partial charge on any atom is 0.159 e. The highest BCUT2D eigenvalue weighted by molar-refractivity contribution is 6.06. The van der Waals surface area contributed by atoms with Crippen LogP contribution in [0.15, 0.2) is 11.1 Å². The van der Waals surface area contributed by atoms with Crippen molar-refractivity contribution in [2.45, 2.75) is 39.5 Å². The average Bonchev–Trinajstić information content (AvgIpc) is 2.29. The minimum Gasteiger partial charge on any atom is -0.299 e. The molecule has 0 aromatic rings. The average molecular weight is 178 g/mol. The van der Waals surface area contributed by atoms with Crippen LogP contribution in [0.1, 0.15) is 39.5 Å². The Hall–Kier alpha value is -0.920.